The summed E-state index contributed by atoms with van der Waals surface area (Å²) in [5, 5.41) is 13.4. The van der Waals surface area contributed by atoms with Crippen LogP contribution in [-0.2, 0) is 17.6 Å². The van der Waals surface area contributed by atoms with Crippen LogP contribution in [0.5, 0.6) is 0 Å². The molecule has 0 radical (unpaired) electrons. The molecule has 3 N–H and O–H groups in total. The van der Waals surface area contributed by atoms with Gasteiger partial charge in [-0.3, -0.25) is 4.79 Å². The Kier molecular flexibility index (Phi) is 3.61. The number of aromatic nitrogens is 1. The zero-order valence-corrected chi connectivity index (χ0v) is 13.4. The first-order valence-electron chi connectivity index (χ1n) is 8.03. The number of hydrogen-bond acceptors (Lipinski definition) is 3. The summed E-state index contributed by atoms with van der Waals surface area (Å²) in [5.41, 5.74) is 3.64. The number of carbonyl (C=O) groups is 1. The normalized spacial score (nSPS) is 13.6. The van der Waals surface area contributed by atoms with Crippen molar-refractivity contribution in [3.05, 3.63) is 87.3 Å². The van der Waals surface area contributed by atoms with Crippen LogP contribution in [0.25, 0.3) is 10.9 Å². The zero-order chi connectivity index (χ0) is 17.4. The molecule has 0 bridgehead atoms. The second kappa shape index (κ2) is 5.94. The van der Waals surface area contributed by atoms with Gasteiger partial charge in [-0.05, 0) is 24.3 Å². The summed E-state index contributed by atoms with van der Waals surface area (Å²) in [7, 11) is 0. The van der Waals surface area contributed by atoms with Gasteiger partial charge >= 0.3 is 5.97 Å². The second-order valence-electron chi connectivity index (χ2n) is 6.06. The van der Waals surface area contributed by atoms with Crippen molar-refractivity contribution >= 4 is 22.6 Å². The van der Waals surface area contributed by atoms with E-state index in [1.165, 1.54) is 0 Å². The zero-order valence-electron chi connectivity index (χ0n) is 13.4. The number of benzene rings is 2. The Morgan fingerprint density at radius 1 is 1.00 bits per heavy atom. The van der Waals surface area contributed by atoms with Crippen LogP contribution in [0.15, 0.2) is 70.7 Å². The van der Waals surface area contributed by atoms with Gasteiger partial charge in [0.2, 0.25) is 0 Å². The monoisotopic (exact) mass is 332 g/mol. The van der Waals surface area contributed by atoms with Crippen LogP contribution in [0.2, 0.25) is 0 Å². The van der Waals surface area contributed by atoms with Gasteiger partial charge in [-0.15, -0.1) is 0 Å². The Morgan fingerprint density at radius 2 is 1.72 bits per heavy atom. The van der Waals surface area contributed by atoms with Crippen LogP contribution in [0.1, 0.15) is 11.3 Å². The summed E-state index contributed by atoms with van der Waals surface area (Å²) >= 11 is 0. The molecule has 4 rings (SSSR count). The van der Waals surface area contributed by atoms with E-state index in [1.807, 2.05) is 48.5 Å². The predicted molar refractivity (Wildman–Crippen MR) is 96.7 cm³/mol. The largest absolute Gasteiger partial charge is 0.478 e. The Balaban J connectivity index is 1.83. The van der Waals surface area contributed by atoms with Gasteiger partial charge in [0.1, 0.15) is 0 Å². The summed E-state index contributed by atoms with van der Waals surface area (Å²) in [6.07, 6.45) is 0.464. The highest BCUT2D eigenvalue weighted by Gasteiger charge is 2.26. The van der Waals surface area contributed by atoms with Gasteiger partial charge < -0.3 is 15.4 Å². The molecule has 0 aliphatic heterocycles. The quantitative estimate of drug-likeness (QED) is 0.688. The maximum atomic E-state index is 12.8. The number of pyridine rings is 1. The van der Waals surface area contributed by atoms with E-state index in [1.54, 1.807) is 6.07 Å². The van der Waals surface area contributed by atoms with E-state index in [-0.39, 0.29) is 23.8 Å². The van der Waals surface area contributed by atoms with Gasteiger partial charge in [0, 0.05) is 46.4 Å². The van der Waals surface area contributed by atoms with Crippen LogP contribution >= 0.6 is 0 Å². The highest BCUT2D eigenvalue weighted by Crippen LogP contribution is 2.26. The fourth-order valence-electron chi connectivity index (χ4n) is 3.25. The Hall–Kier alpha value is -3.34. The first-order chi connectivity index (χ1) is 12.1. The second-order valence-corrected chi connectivity index (χ2v) is 6.06. The molecule has 0 amide bonds. The van der Waals surface area contributed by atoms with Gasteiger partial charge in [0.05, 0.1) is 5.57 Å². The summed E-state index contributed by atoms with van der Waals surface area (Å²) < 4.78 is 0. The summed E-state index contributed by atoms with van der Waals surface area (Å²) in [6, 6.07) is 16.7. The van der Waals surface area contributed by atoms with Crippen molar-refractivity contribution in [3.8, 4) is 0 Å². The van der Waals surface area contributed by atoms with Crippen molar-refractivity contribution in [1.82, 2.24) is 4.98 Å². The minimum absolute atomic E-state index is 0.0406. The molecule has 2 aromatic carbocycles. The van der Waals surface area contributed by atoms with E-state index in [2.05, 4.69) is 10.3 Å². The standard InChI is InChI=1S/C20H16N2O3/c23-19-13-8-4-5-9-16(13)22-17-11-15(20(24)25)18(10-14(17)19)21-12-6-2-1-3-7-12/h1-9,21H,10-11H2,(H,22,23)(H,24,25). The van der Waals surface area contributed by atoms with Crippen LogP contribution in [0.4, 0.5) is 5.69 Å². The maximum absolute atomic E-state index is 12.8. The van der Waals surface area contributed by atoms with Gasteiger partial charge in [0.25, 0.3) is 0 Å². The highest BCUT2D eigenvalue weighted by atomic mass is 16.4. The molecule has 124 valence electrons. The molecule has 1 aromatic heterocycles. The third kappa shape index (κ3) is 2.70. The minimum Gasteiger partial charge on any atom is -0.478 e. The number of fused-ring (bicyclic) bond motifs is 2. The fourth-order valence-corrected chi connectivity index (χ4v) is 3.25. The first-order valence-corrected chi connectivity index (χ1v) is 8.03. The number of aromatic amines is 1. The average Bonchev–Trinajstić information content (AvgIpc) is 2.63. The van der Waals surface area contributed by atoms with Crippen molar-refractivity contribution in [2.75, 3.05) is 5.32 Å². The van der Waals surface area contributed by atoms with Crippen LogP contribution < -0.4 is 10.7 Å². The predicted octanol–water partition coefficient (Wildman–Crippen LogP) is 3.08. The Bertz CT molecular complexity index is 1070. The Labute approximate surface area is 143 Å². The molecule has 1 aliphatic rings. The number of para-hydroxylation sites is 2. The highest BCUT2D eigenvalue weighted by molar-refractivity contribution is 5.90. The molecular formula is C20H16N2O3. The molecule has 5 nitrogen and oxygen atoms in total. The topological polar surface area (TPSA) is 82.2 Å². The smallest absolute Gasteiger partial charge is 0.333 e. The van der Waals surface area contributed by atoms with Gasteiger partial charge in [0.15, 0.2) is 5.43 Å². The van der Waals surface area contributed by atoms with Gasteiger partial charge in [-0.25, -0.2) is 4.79 Å². The lowest BCUT2D eigenvalue weighted by Gasteiger charge is -2.22. The molecule has 0 saturated heterocycles. The van der Waals surface area contributed by atoms with E-state index in [4.69, 9.17) is 0 Å². The van der Waals surface area contributed by atoms with Crippen molar-refractivity contribution in [2.24, 2.45) is 0 Å². The molecule has 5 heteroatoms. The average molecular weight is 332 g/mol. The number of carboxylic acids is 1. The van der Waals surface area contributed by atoms with Crippen LogP contribution in [-0.4, -0.2) is 16.1 Å². The molecule has 0 unspecified atom stereocenters. The molecule has 0 spiro atoms. The molecule has 1 heterocycles. The first kappa shape index (κ1) is 15.2. The molecule has 0 fully saturated rings. The summed E-state index contributed by atoms with van der Waals surface area (Å²) in [5.74, 6) is -0.974. The molecule has 3 aromatic rings. The number of hydrogen-bond donors (Lipinski definition) is 3. The van der Waals surface area contributed by atoms with Crippen molar-refractivity contribution in [1.29, 1.82) is 0 Å². The number of allylic oxidation sites excluding steroid dienone is 1. The molecule has 0 saturated carbocycles. The van der Waals surface area contributed by atoms with E-state index in [0.29, 0.717) is 22.3 Å². The van der Waals surface area contributed by atoms with E-state index < -0.39 is 5.97 Å². The lowest BCUT2D eigenvalue weighted by molar-refractivity contribution is -0.132. The molecule has 0 atom stereocenters. The number of nitrogens with one attached hydrogen (secondary N) is 2. The van der Waals surface area contributed by atoms with E-state index >= 15 is 0 Å². The fraction of sp³-hybridized carbons (Fsp3) is 0.100. The van der Waals surface area contributed by atoms with Crippen LogP contribution in [0.3, 0.4) is 0 Å². The number of rotatable bonds is 3. The maximum Gasteiger partial charge on any atom is 0.333 e. The third-order valence-corrected chi connectivity index (χ3v) is 4.49. The van der Waals surface area contributed by atoms with Crippen molar-refractivity contribution < 1.29 is 9.90 Å². The lowest BCUT2D eigenvalue weighted by Crippen LogP contribution is -2.26. The molecule has 25 heavy (non-hydrogen) atoms. The molecular weight excluding hydrogens is 316 g/mol. The number of H-pyrrole nitrogens is 1. The number of carboxylic acid groups (broad SMARTS) is 1. The SMILES string of the molecule is O=C(O)C1=C(Nc2ccccc2)Cc2c([nH]c3ccccc3c2=O)C1. The van der Waals surface area contributed by atoms with Gasteiger partial charge in [-0.1, -0.05) is 30.3 Å². The summed E-state index contributed by atoms with van der Waals surface area (Å²) in [4.78, 5) is 27.8. The number of aliphatic carboxylic acids is 1. The van der Waals surface area contributed by atoms with Crippen molar-refractivity contribution in [2.45, 2.75) is 12.8 Å². The minimum atomic E-state index is -0.974. The third-order valence-electron chi connectivity index (χ3n) is 4.49. The van der Waals surface area contributed by atoms with Crippen molar-refractivity contribution in [3.63, 3.8) is 0 Å². The van der Waals surface area contributed by atoms with E-state index in [9.17, 15) is 14.7 Å². The van der Waals surface area contributed by atoms with E-state index in [0.717, 1.165) is 11.2 Å². The molecule has 1 aliphatic carbocycles. The Morgan fingerprint density at radius 3 is 2.48 bits per heavy atom. The van der Waals surface area contributed by atoms with Gasteiger partial charge in [-0.2, -0.15) is 0 Å². The van der Waals surface area contributed by atoms with Crippen LogP contribution in [0, 0.1) is 0 Å². The lowest BCUT2D eigenvalue weighted by atomic mass is 9.91. The summed E-state index contributed by atoms with van der Waals surface area (Å²) in [6.45, 7) is 0. The number of anilines is 1.